The fourth-order valence-electron chi connectivity index (χ4n) is 1.73. The first-order valence-electron chi connectivity index (χ1n) is 5.90. The first-order valence-corrected chi connectivity index (χ1v) is 5.90. The lowest BCUT2D eigenvalue weighted by atomic mass is 10.1. The summed E-state index contributed by atoms with van der Waals surface area (Å²) in [5.74, 6) is 0. The van der Waals surface area contributed by atoms with Crippen LogP contribution in [0.2, 0.25) is 0 Å². The van der Waals surface area contributed by atoms with Crippen molar-refractivity contribution >= 4 is 0 Å². The number of nitriles is 1. The molecule has 0 spiro atoms. The van der Waals surface area contributed by atoms with Gasteiger partial charge in [-0.15, -0.1) is 6.58 Å². The molecule has 0 N–H and O–H groups in total. The average molecular weight is 234 g/mol. The highest BCUT2D eigenvalue weighted by atomic mass is 14.7. The Morgan fingerprint density at radius 2 is 1.94 bits per heavy atom. The van der Waals surface area contributed by atoms with Gasteiger partial charge in [0.2, 0.25) is 0 Å². The number of rotatable bonds is 4. The molecule has 0 radical (unpaired) electrons. The zero-order valence-electron chi connectivity index (χ0n) is 10.1. The lowest BCUT2D eigenvalue weighted by molar-refractivity contribution is 0.991. The third kappa shape index (κ3) is 2.83. The molecule has 0 bridgehead atoms. The van der Waals surface area contributed by atoms with E-state index in [0.29, 0.717) is 5.56 Å². The molecule has 88 valence electrons. The van der Waals surface area contributed by atoms with Gasteiger partial charge in [0.15, 0.2) is 0 Å². The second kappa shape index (κ2) is 5.79. The lowest BCUT2D eigenvalue weighted by Gasteiger charge is -2.03. The van der Waals surface area contributed by atoms with Crippen LogP contribution >= 0.6 is 0 Å². The van der Waals surface area contributed by atoms with Crippen molar-refractivity contribution in [2.75, 3.05) is 0 Å². The Balaban J connectivity index is 2.18. The van der Waals surface area contributed by atoms with Crippen molar-refractivity contribution in [3.63, 3.8) is 0 Å². The van der Waals surface area contributed by atoms with Crippen molar-refractivity contribution in [2.24, 2.45) is 0 Å². The van der Waals surface area contributed by atoms with Crippen LogP contribution in [0.1, 0.15) is 17.5 Å². The van der Waals surface area contributed by atoms with E-state index in [1.54, 1.807) is 0 Å². The van der Waals surface area contributed by atoms with Gasteiger partial charge in [0.05, 0.1) is 17.3 Å². The molecule has 0 saturated heterocycles. The van der Waals surface area contributed by atoms with E-state index in [1.165, 1.54) is 5.56 Å². The Bertz CT molecular complexity index is 560. The molecule has 2 rings (SSSR count). The van der Waals surface area contributed by atoms with Gasteiger partial charge in [-0.1, -0.05) is 24.3 Å². The smallest absolute Gasteiger partial charge is 0.0991 e. The number of aromatic nitrogens is 1. The minimum absolute atomic E-state index is 0.668. The van der Waals surface area contributed by atoms with Gasteiger partial charge in [0, 0.05) is 11.8 Å². The molecule has 0 aliphatic rings. The third-order valence-electron chi connectivity index (χ3n) is 2.77. The van der Waals surface area contributed by atoms with Crippen molar-refractivity contribution in [1.29, 1.82) is 5.26 Å². The molecule has 1 aromatic carbocycles. The minimum Gasteiger partial charge on any atom is -0.256 e. The zero-order valence-corrected chi connectivity index (χ0v) is 10.1. The van der Waals surface area contributed by atoms with Gasteiger partial charge in [0.1, 0.15) is 0 Å². The van der Waals surface area contributed by atoms with Crippen LogP contribution < -0.4 is 0 Å². The summed E-state index contributed by atoms with van der Waals surface area (Å²) in [6.45, 7) is 3.71. The summed E-state index contributed by atoms with van der Waals surface area (Å²) in [4.78, 5) is 4.44. The SMILES string of the molecule is C=CCCc1ccc(-c2ccc(C#N)cc2)nc1. The molecule has 2 aromatic rings. The maximum Gasteiger partial charge on any atom is 0.0991 e. The van der Waals surface area contributed by atoms with Crippen molar-refractivity contribution in [3.8, 4) is 17.3 Å². The molecular formula is C16H14N2. The highest BCUT2D eigenvalue weighted by Crippen LogP contribution is 2.18. The normalized spacial score (nSPS) is 9.72. The summed E-state index contributed by atoms with van der Waals surface area (Å²) in [6.07, 6.45) is 5.76. The van der Waals surface area contributed by atoms with Crippen LogP contribution in [0, 0.1) is 11.3 Å². The fourth-order valence-corrected chi connectivity index (χ4v) is 1.73. The molecule has 0 saturated carbocycles. The summed E-state index contributed by atoms with van der Waals surface area (Å²) >= 11 is 0. The summed E-state index contributed by atoms with van der Waals surface area (Å²) in [5, 5.41) is 8.74. The fraction of sp³-hybridized carbons (Fsp3) is 0.125. The number of aryl methyl sites for hydroxylation is 1. The van der Waals surface area contributed by atoms with Crippen molar-refractivity contribution in [3.05, 3.63) is 66.4 Å². The standard InChI is InChI=1S/C16H14N2/c1-2-3-4-14-7-10-16(18-12-14)15-8-5-13(11-17)6-9-15/h2,5-10,12H,1,3-4H2. The molecule has 0 unspecified atom stereocenters. The second-order valence-electron chi connectivity index (χ2n) is 4.07. The van der Waals surface area contributed by atoms with Crippen molar-refractivity contribution in [2.45, 2.75) is 12.8 Å². The predicted octanol–water partition coefficient (Wildman–Crippen LogP) is 3.74. The van der Waals surface area contributed by atoms with Crippen molar-refractivity contribution < 1.29 is 0 Å². The van der Waals surface area contributed by atoms with Gasteiger partial charge in [-0.2, -0.15) is 5.26 Å². The average Bonchev–Trinajstić information content (AvgIpc) is 2.46. The predicted molar refractivity (Wildman–Crippen MR) is 72.9 cm³/mol. The van der Waals surface area contributed by atoms with Gasteiger partial charge in [-0.25, -0.2) is 0 Å². The van der Waals surface area contributed by atoms with Gasteiger partial charge in [-0.05, 0) is 36.6 Å². The topological polar surface area (TPSA) is 36.7 Å². The summed E-state index contributed by atoms with van der Waals surface area (Å²) in [7, 11) is 0. The van der Waals surface area contributed by atoms with E-state index in [1.807, 2.05) is 42.6 Å². The maximum atomic E-state index is 8.74. The molecule has 0 amide bonds. The number of benzene rings is 1. The van der Waals surface area contributed by atoms with Gasteiger partial charge in [-0.3, -0.25) is 4.98 Å². The van der Waals surface area contributed by atoms with Gasteiger partial charge >= 0.3 is 0 Å². The van der Waals surface area contributed by atoms with E-state index >= 15 is 0 Å². The van der Waals surface area contributed by atoms with E-state index in [-0.39, 0.29) is 0 Å². The van der Waals surface area contributed by atoms with Crippen LogP contribution in [0.25, 0.3) is 11.3 Å². The summed E-state index contributed by atoms with van der Waals surface area (Å²) < 4.78 is 0. The van der Waals surface area contributed by atoms with E-state index in [9.17, 15) is 0 Å². The first-order chi connectivity index (χ1) is 8.83. The zero-order chi connectivity index (χ0) is 12.8. The van der Waals surface area contributed by atoms with Gasteiger partial charge < -0.3 is 0 Å². The second-order valence-corrected chi connectivity index (χ2v) is 4.07. The lowest BCUT2D eigenvalue weighted by Crippen LogP contribution is -1.88. The van der Waals surface area contributed by atoms with Gasteiger partial charge in [0.25, 0.3) is 0 Å². The molecule has 2 nitrogen and oxygen atoms in total. The number of hydrogen-bond acceptors (Lipinski definition) is 2. The highest BCUT2D eigenvalue weighted by Gasteiger charge is 2.00. The molecule has 1 aromatic heterocycles. The largest absolute Gasteiger partial charge is 0.256 e. The van der Waals surface area contributed by atoms with E-state index in [2.05, 4.69) is 23.7 Å². The monoisotopic (exact) mass is 234 g/mol. The van der Waals surface area contributed by atoms with E-state index in [0.717, 1.165) is 24.1 Å². The number of nitrogens with zero attached hydrogens (tertiary/aromatic N) is 2. The minimum atomic E-state index is 0.668. The van der Waals surface area contributed by atoms with E-state index in [4.69, 9.17) is 5.26 Å². The number of pyridine rings is 1. The van der Waals surface area contributed by atoms with Crippen LogP contribution in [0.4, 0.5) is 0 Å². The third-order valence-corrected chi connectivity index (χ3v) is 2.77. The Hall–Kier alpha value is -2.40. The molecule has 0 fully saturated rings. The Labute approximate surface area is 107 Å². The molecule has 0 aliphatic carbocycles. The Kier molecular flexibility index (Phi) is 3.88. The Morgan fingerprint density at radius 3 is 2.50 bits per heavy atom. The molecule has 2 heteroatoms. The molecule has 18 heavy (non-hydrogen) atoms. The highest BCUT2D eigenvalue weighted by molar-refractivity contribution is 5.60. The van der Waals surface area contributed by atoms with Crippen LogP contribution in [-0.2, 0) is 6.42 Å². The maximum absolute atomic E-state index is 8.74. The molecule has 0 atom stereocenters. The van der Waals surface area contributed by atoms with Crippen molar-refractivity contribution in [1.82, 2.24) is 4.98 Å². The first kappa shape index (κ1) is 12.1. The molecule has 0 aliphatic heterocycles. The van der Waals surface area contributed by atoms with Crippen LogP contribution in [0.3, 0.4) is 0 Å². The number of allylic oxidation sites excluding steroid dienone is 1. The molecular weight excluding hydrogens is 220 g/mol. The summed E-state index contributed by atoms with van der Waals surface area (Å²) in [6, 6.07) is 13.7. The van der Waals surface area contributed by atoms with Crippen LogP contribution in [0.15, 0.2) is 55.3 Å². The molecule has 1 heterocycles. The number of hydrogen-bond donors (Lipinski definition) is 0. The van der Waals surface area contributed by atoms with E-state index < -0.39 is 0 Å². The van der Waals surface area contributed by atoms with Crippen LogP contribution in [-0.4, -0.2) is 4.98 Å². The Morgan fingerprint density at radius 1 is 1.17 bits per heavy atom. The van der Waals surface area contributed by atoms with Crippen LogP contribution in [0.5, 0.6) is 0 Å². The quantitative estimate of drug-likeness (QED) is 0.755. The summed E-state index contributed by atoms with van der Waals surface area (Å²) in [5.41, 5.74) is 3.85.